The topological polar surface area (TPSA) is 88.1 Å². The predicted octanol–water partition coefficient (Wildman–Crippen LogP) is 10.1. The van der Waals surface area contributed by atoms with Gasteiger partial charge in [0.25, 0.3) is 8.32 Å². The first-order valence-electron chi connectivity index (χ1n) is 20.5. The maximum absolute atomic E-state index is 14.6. The molecule has 4 atom stereocenters. The van der Waals surface area contributed by atoms with Crippen molar-refractivity contribution in [3.63, 3.8) is 0 Å². The van der Waals surface area contributed by atoms with Crippen molar-refractivity contribution >= 4 is 65.2 Å². The van der Waals surface area contributed by atoms with Gasteiger partial charge >= 0.3 is 0 Å². The fourth-order valence-electron chi connectivity index (χ4n) is 9.53. The number of allylic oxidation sites excluding steroid dienone is 1. The van der Waals surface area contributed by atoms with Crippen molar-refractivity contribution in [1.29, 1.82) is 0 Å². The van der Waals surface area contributed by atoms with Crippen LogP contribution in [0.1, 0.15) is 52.5 Å². The van der Waals surface area contributed by atoms with Crippen LogP contribution in [0.15, 0.2) is 150 Å². The van der Waals surface area contributed by atoms with Crippen LogP contribution in [0.3, 0.4) is 0 Å². The van der Waals surface area contributed by atoms with Crippen LogP contribution in [-0.4, -0.2) is 44.6 Å². The Hall–Kier alpha value is -5.25. The lowest BCUT2D eigenvalue weighted by molar-refractivity contribution is -0.122. The molecule has 0 bridgehead atoms. The number of para-hydroxylation sites is 1. The Morgan fingerprint density at radius 1 is 0.847 bits per heavy atom. The Kier molecular flexibility index (Phi) is 11.5. The van der Waals surface area contributed by atoms with Crippen molar-refractivity contribution in [3.05, 3.63) is 161 Å². The second kappa shape index (κ2) is 16.8. The zero-order valence-corrected chi connectivity index (χ0v) is 35.8. The third kappa shape index (κ3) is 7.95. The van der Waals surface area contributed by atoms with Crippen molar-refractivity contribution in [2.45, 2.75) is 58.1 Å². The standard InChI is InChI=1S/C50H51ClN2O5Si/c1-33(28-34-21-26-39(54)30-44(34)51)20-27-45-46-35(31-58-59(50(2,3)4,40-16-10-6-11-17-40)41-18-12-7-13-19-41)29-42-47(43(46)32-57-45)49(56)53(48(42)55)38-24-22-37(23-25-38)52-36-14-8-5-9-15-36/h5-19,21-26,28,30,42-43,45,47,52,54H,20,27,29,31-32H2,1-4H3/b33-28+/t42-,43+,45-,47-/m1/s1. The Morgan fingerprint density at radius 2 is 1.46 bits per heavy atom. The highest BCUT2D eigenvalue weighted by molar-refractivity contribution is 6.99. The molecule has 8 rings (SSSR count). The number of nitrogens with zero attached hydrogens (tertiary/aromatic N) is 1. The van der Waals surface area contributed by atoms with Crippen LogP contribution in [-0.2, 0) is 18.8 Å². The minimum Gasteiger partial charge on any atom is -0.508 e. The molecular weight excluding hydrogens is 772 g/mol. The molecule has 0 unspecified atom stereocenters. The predicted molar refractivity (Wildman–Crippen MR) is 240 cm³/mol. The molecule has 0 aromatic heterocycles. The fourth-order valence-corrected chi connectivity index (χ4v) is 14.3. The number of fused-ring (bicyclic) bond motifs is 3. The summed E-state index contributed by atoms with van der Waals surface area (Å²) in [6, 6.07) is 43.6. The molecule has 59 heavy (non-hydrogen) atoms. The van der Waals surface area contributed by atoms with E-state index in [0.29, 0.717) is 36.8 Å². The third-order valence-corrected chi connectivity index (χ3v) is 17.6. The Bertz CT molecular complexity index is 2340. The SMILES string of the molecule is C/C(=C\c1ccc(O)cc1Cl)CC[C@H]1OC[C@H]2C1=C(CO[Si](c1ccccc1)(c1ccccc1)C(C)(C)C)C[C@H]1C(=O)N(c3ccc(Nc4ccccc4)cc3)C(=O)[C@H]12. The maximum atomic E-state index is 14.6. The van der Waals surface area contributed by atoms with Crippen LogP contribution in [0.5, 0.6) is 5.75 Å². The average molecular weight is 824 g/mol. The van der Waals surface area contributed by atoms with Gasteiger partial charge in [0.2, 0.25) is 11.8 Å². The molecule has 302 valence electrons. The van der Waals surface area contributed by atoms with E-state index < -0.39 is 20.2 Å². The molecule has 1 aliphatic carbocycles. The summed E-state index contributed by atoms with van der Waals surface area (Å²) in [5.74, 6) is -1.49. The summed E-state index contributed by atoms with van der Waals surface area (Å²) >= 11 is 6.46. The van der Waals surface area contributed by atoms with E-state index >= 15 is 0 Å². The molecule has 5 aromatic rings. The minimum absolute atomic E-state index is 0.126. The summed E-state index contributed by atoms with van der Waals surface area (Å²) in [6.07, 6.45) is 3.67. The Labute approximate surface area is 353 Å². The largest absolute Gasteiger partial charge is 0.508 e. The molecule has 2 saturated heterocycles. The molecule has 0 spiro atoms. The van der Waals surface area contributed by atoms with Crippen molar-refractivity contribution in [2.24, 2.45) is 17.8 Å². The van der Waals surface area contributed by atoms with Gasteiger partial charge in [-0.3, -0.25) is 14.5 Å². The van der Waals surface area contributed by atoms with Gasteiger partial charge < -0.3 is 19.6 Å². The number of amides is 2. The first-order chi connectivity index (χ1) is 28.4. The van der Waals surface area contributed by atoms with E-state index in [-0.39, 0.29) is 34.6 Å². The average Bonchev–Trinajstić information content (AvgIpc) is 3.77. The smallest absolute Gasteiger partial charge is 0.261 e. The fraction of sp³-hybridized carbons (Fsp3) is 0.280. The number of rotatable bonds is 12. The van der Waals surface area contributed by atoms with Crippen molar-refractivity contribution in [3.8, 4) is 5.75 Å². The Morgan fingerprint density at radius 3 is 2.07 bits per heavy atom. The van der Waals surface area contributed by atoms with Crippen LogP contribution in [0.25, 0.3) is 6.08 Å². The van der Waals surface area contributed by atoms with E-state index in [2.05, 4.69) is 81.5 Å². The molecule has 2 heterocycles. The molecule has 2 aliphatic heterocycles. The normalized spacial score (nSPS) is 20.8. The van der Waals surface area contributed by atoms with Gasteiger partial charge in [0.15, 0.2) is 0 Å². The Balaban J connectivity index is 1.13. The van der Waals surface area contributed by atoms with Gasteiger partial charge in [0, 0.05) is 17.3 Å². The zero-order chi connectivity index (χ0) is 41.3. The summed E-state index contributed by atoms with van der Waals surface area (Å²) in [7, 11) is -2.93. The zero-order valence-electron chi connectivity index (χ0n) is 34.0. The lowest BCUT2D eigenvalue weighted by Gasteiger charge is -2.44. The number of imide groups is 1. The minimum atomic E-state index is -2.93. The van der Waals surface area contributed by atoms with Crippen LogP contribution >= 0.6 is 11.6 Å². The number of ether oxygens (including phenoxy) is 1. The highest BCUT2D eigenvalue weighted by Gasteiger charge is 2.58. The lowest BCUT2D eigenvalue weighted by atomic mass is 9.69. The van der Waals surface area contributed by atoms with Crippen LogP contribution in [0, 0.1) is 17.8 Å². The first kappa shape index (κ1) is 40.5. The summed E-state index contributed by atoms with van der Waals surface area (Å²) < 4.78 is 14.2. The molecule has 3 aliphatic rings. The van der Waals surface area contributed by atoms with E-state index in [1.165, 1.54) is 15.3 Å². The molecule has 2 amide bonds. The van der Waals surface area contributed by atoms with Gasteiger partial charge in [-0.2, -0.15) is 0 Å². The number of carbonyl (C=O) groups is 2. The number of nitrogens with one attached hydrogen (secondary N) is 1. The van der Waals surface area contributed by atoms with Gasteiger partial charge in [-0.05, 0) is 113 Å². The van der Waals surface area contributed by atoms with Gasteiger partial charge in [-0.1, -0.05) is 123 Å². The number of halogens is 1. The van der Waals surface area contributed by atoms with Crippen LogP contribution in [0.4, 0.5) is 17.1 Å². The number of anilines is 3. The van der Waals surface area contributed by atoms with E-state index in [1.807, 2.05) is 78.9 Å². The van der Waals surface area contributed by atoms with E-state index in [4.69, 9.17) is 20.8 Å². The molecule has 9 heteroatoms. The number of benzene rings is 5. The molecule has 7 nitrogen and oxygen atoms in total. The van der Waals surface area contributed by atoms with Gasteiger partial charge in [0.05, 0.1) is 41.9 Å². The molecule has 5 aromatic carbocycles. The van der Waals surface area contributed by atoms with E-state index in [1.54, 1.807) is 12.1 Å². The van der Waals surface area contributed by atoms with Gasteiger partial charge in [-0.25, -0.2) is 0 Å². The summed E-state index contributed by atoms with van der Waals surface area (Å²) in [4.78, 5) is 30.5. The van der Waals surface area contributed by atoms with E-state index in [0.717, 1.165) is 40.1 Å². The molecule has 0 saturated carbocycles. The second-order valence-electron chi connectivity index (χ2n) is 17.1. The number of aromatic hydroxyl groups is 1. The van der Waals surface area contributed by atoms with Crippen molar-refractivity contribution in [2.75, 3.05) is 23.4 Å². The summed E-state index contributed by atoms with van der Waals surface area (Å²) in [6.45, 7) is 9.58. The number of phenolic OH excluding ortho intramolecular Hbond substituents is 1. The van der Waals surface area contributed by atoms with Gasteiger partial charge in [-0.15, -0.1) is 0 Å². The van der Waals surface area contributed by atoms with Crippen LogP contribution < -0.4 is 20.6 Å². The number of phenols is 1. The molecule has 0 radical (unpaired) electrons. The highest BCUT2D eigenvalue weighted by Crippen LogP contribution is 2.51. The third-order valence-electron chi connectivity index (χ3n) is 12.3. The first-order valence-corrected chi connectivity index (χ1v) is 22.8. The molecule has 2 fully saturated rings. The molecule has 2 N–H and O–H groups in total. The van der Waals surface area contributed by atoms with Gasteiger partial charge in [0.1, 0.15) is 5.75 Å². The molecular formula is C50H51ClN2O5Si. The van der Waals surface area contributed by atoms with Crippen LogP contribution in [0.2, 0.25) is 10.1 Å². The number of carbonyl (C=O) groups excluding carboxylic acids is 2. The van der Waals surface area contributed by atoms with E-state index in [9.17, 15) is 14.7 Å². The van der Waals surface area contributed by atoms with Crippen molar-refractivity contribution < 1.29 is 23.9 Å². The van der Waals surface area contributed by atoms with Crippen molar-refractivity contribution in [1.82, 2.24) is 0 Å². The number of hydrogen-bond acceptors (Lipinski definition) is 6. The summed E-state index contributed by atoms with van der Waals surface area (Å²) in [5.41, 5.74) is 6.54. The quantitative estimate of drug-likeness (QED) is 0.0741. The second-order valence-corrected chi connectivity index (χ2v) is 21.8. The monoisotopic (exact) mass is 822 g/mol. The number of hydrogen-bond donors (Lipinski definition) is 2. The maximum Gasteiger partial charge on any atom is 0.261 e. The highest BCUT2D eigenvalue weighted by atomic mass is 35.5. The lowest BCUT2D eigenvalue weighted by Crippen LogP contribution is -2.66. The summed E-state index contributed by atoms with van der Waals surface area (Å²) in [5, 5.41) is 15.9.